The summed E-state index contributed by atoms with van der Waals surface area (Å²) in [5.41, 5.74) is 1.86. The Morgan fingerprint density at radius 3 is 2.50 bits per heavy atom. The zero-order chi connectivity index (χ0) is 22.2. The van der Waals surface area contributed by atoms with Crippen molar-refractivity contribution in [2.45, 2.75) is 44.2 Å². The van der Waals surface area contributed by atoms with Crippen molar-refractivity contribution < 1.29 is 9.59 Å². The maximum Gasteiger partial charge on any atom is 0.315 e. The Bertz CT molecular complexity index is 1030. The van der Waals surface area contributed by atoms with E-state index in [1.165, 1.54) is 0 Å². The van der Waals surface area contributed by atoms with Gasteiger partial charge >= 0.3 is 6.03 Å². The molecule has 32 heavy (non-hydrogen) atoms. The van der Waals surface area contributed by atoms with Crippen LogP contribution in [0.3, 0.4) is 0 Å². The number of pyridine rings is 1. The van der Waals surface area contributed by atoms with Crippen molar-refractivity contribution >= 4 is 23.3 Å². The SMILES string of the molecule is O=C(NCc1ccccc1)NC1(C(=O)NCCc2nc(-c3ccccn3)cs2)CCCC1. The molecule has 1 saturated carbocycles. The molecule has 3 aromatic rings. The molecule has 1 aliphatic rings. The first-order chi connectivity index (χ1) is 15.6. The monoisotopic (exact) mass is 449 g/mol. The van der Waals surface area contributed by atoms with Crippen molar-refractivity contribution in [2.24, 2.45) is 0 Å². The zero-order valence-corrected chi connectivity index (χ0v) is 18.7. The van der Waals surface area contributed by atoms with E-state index in [4.69, 9.17) is 0 Å². The van der Waals surface area contributed by atoms with Crippen LogP contribution in [0.1, 0.15) is 36.3 Å². The molecule has 4 rings (SSSR count). The predicted molar refractivity (Wildman–Crippen MR) is 125 cm³/mol. The van der Waals surface area contributed by atoms with E-state index in [0.717, 1.165) is 34.8 Å². The number of nitrogens with one attached hydrogen (secondary N) is 3. The second-order valence-corrected chi connectivity index (χ2v) is 8.87. The molecule has 3 N–H and O–H groups in total. The summed E-state index contributed by atoms with van der Waals surface area (Å²) in [6.07, 6.45) is 5.54. The van der Waals surface area contributed by atoms with Crippen LogP contribution in [0.5, 0.6) is 0 Å². The maximum atomic E-state index is 13.0. The molecule has 3 amide bonds. The van der Waals surface area contributed by atoms with E-state index in [1.807, 2.05) is 53.9 Å². The quantitative estimate of drug-likeness (QED) is 0.489. The fraction of sp³-hybridized carbons (Fsp3) is 0.333. The number of nitrogens with zero attached hydrogens (tertiary/aromatic N) is 2. The molecule has 0 atom stereocenters. The first-order valence-corrected chi connectivity index (χ1v) is 11.8. The Morgan fingerprint density at radius 1 is 0.969 bits per heavy atom. The predicted octanol–water partition coefficient (Wildman–Crippen LogP) is 3.68. The summed E-state index contributed by atoms with van der Waals surface area (Å²) in [5, 5.41) is 11.8. The second kappa shape index (κ2) is 10.4. The Labute approximate surface area is 191 Å². The smallest absolute Gasteiger partial charge is 0.315 e. The number of hydrogen-bond acceptors (Lipinski definition) is 5. The number of thiazole rings is 1. The van der Waals surface area contributed by atoms with E-state index in [2.05, 4.69) is 25.9 Å². The lowest BCUT2D eigenvalue weighted by Crippen LogP contribution is -2.59. The van der Waals surface area contributed by atoms with Gasteiger partial charge in [-0.15, -0.1) is 11.3 Å². The van der Waals surface area contributed by atoms with Crippen LogP contribution in [0, 0.1) is 0 Å². The van der Waals surface area contributed by atoms with Crippen LogP contribution < -0.4 is 16.0 Å². The van der Waals surface area contributed by atoms with Gasteiger partial charge in [-0.2, -0.15) is 0 Å². The van der Waals surface area contributed by atoms with Crippen LogP contribution in [-0.4, -0.2) is 34.0 Å². The lowest BCUT2D eigenvalue weighted by molar-refractivity contribution is -0.127. The molecule has 1 fully saturated rings. The van der Waals surface area contributed by atoms with Gasteiger partial charge in [0.1, 0.15) is 5.54 Å². The van der Waals surface area contributed by atoms with Gasteiger partial charge in [-0.1, -0.05) is 49.2 Å². The van der Waals surface area contributed by atoms with Crippen LogP contribution in [0.4, 0.5) is 4.79 Å². The summed E-state index contributed by atoms with van der Waals surface area (Å²) in [4.78, 5) is 34.5. The summed E-state index contributed by atoms with van der Waals surface area (Å²) >= 11 is 1.56. The fourth-order valence-corrected chi connectivity index (χ4v) is 4.73. The van der Waals surface area contributed by atoms with Crippen molar-refractivity contribution in [1.82, 2.24) is 25.9 Å². The van der Waals surface area contributed by atoms with E-state index in [-0.39, 0.29) is 11.9 Å². The number of rotatable bonds is 8. The highest BCUT2D eigenvalue weighted by Crippen LogP contribution is 2.30. The van der Waals surface area contributed by atoms with Crippen molar-refractivity contribution in [2.75, 3.05) is 6.54 Å². The molecule has 0 aliphatic heterocycles. The summed E-state index contributed by atoms with van der Waals surface area (Å²) in [6.45, 7) is 0.899. The molecular weight excluding hydrogens is 422 g/mol. The standard InChI is InChI=1S/C24H27N5O2S/c30-22(26-15-11-21-28-20(17-32-21)19-10-4-7-14-25-19)24(12-5-6-13-24)29-23(31)27-16-18-8-2-1-3-9-18/h1-4,7-10,14,17H,5-6,11-13,15-16H2,(H,26,30)(H2,27,29,31). The van der Waals surface area contributed by atoms with Crippen LogP contribution in [0.15, 0.2) is 60.1 Å². The lowest BCUT2D eigenvalue weighted by atomic mass is 9.96. The number of carbonyl (C=O) groups is 2. The second-order valence-electron chi connectivity index (χ2n) is 7.93. The first kappa shape index (κ1) is 22.0. The minimum atomic E-state index is -0.844. The molecule has 2 heterocycles. The van der Waals surface area contributed by atoms with Crippen molar-refractivity contribution in [3.63, 3.8) is 0 Å². The van der Waals surface area contributed by atoms with Gasteiger partial charge < -0.3 is 16.0 Å². The summed E-state index contributed by atoms with van der Waals surface area (Å²) in [7, 11) is 0. The number of carbonyl (C=O) groups excluding carboxylic acids is 2. The summed E-state index contributed by atoms with van der Waals surface area (Å²) < 4.78 is 0. The normalized spacial score (nSPS) is 14.6. The van der Waals surface area contributed by atoms with Crippen molar-refractivity contribution in [3.8, 4) is 11.4 Å². The molecular formula is C24H27N5O2S. The maximum absolute atomic E-state index is 13.0. The van der Waals surface area contributed by atoms with Crippen LogP contribution in [0.2, 0.25) is 0 Å². The minimum Gasteiger partial charge on any atom is -0.354 e. The van der Waals surface area contributed by atoms with Gasteiger partial charge in [-0.05, 0) is 30.5 Å². The molecule has 0 saturated heterocycles. The fourth-order valence-electron chi connectivity index (χ4n) is 3.94. The molecule has 1 aromatic carbocycles. The number of benzene rings is 1. The van der Waals surface area contributed by atoms with Crippen molar-refractivity contribution in [1.29, 1.82) is 0 Å². The summed E-state index contributed by atoms with van der Waals surface area (Å²) in [6, 6.07) is 15.1. The molecule has 1 aliphatic carbocycles. The average Bonchev–Trinajstić information content (AvgIpc) is 3.50. The first-order valence-electron chi connectivity index (χ1n) is 10.9. The van der Waals surface area contributed by atoms with Gasteiger partial charge in [-0.25, -0.2) is 9.78 Å². The lowest BCUT2D eigenvalue weighted by Gasteiger charge is -2.29. The number of hydrogen-bond donors (Lipinski definition) is 3. The molecule has 0 bridgehead atoms. The largest absolute Gasteiger partial charge is 0.354 e. The Hall–Kier alpha value is -3.26. The van der Waals surface area contributed by atoms with E-state index >= 15 is 0 Å². The van der Waals surface area contributed by atoms with E-state index in [1.54, 1.807) is 17.5 Å². The number of aromatic nitrogens is 2. The zero-order valence-electron chi connectivity index (χ0n) is 17.8. The number of amides is 3. The Kier molecular flexibility index (Phi) is 7.11. The molecule has 0 radical (unpaired) electrons. The molecule has 2 aromatic heterocycles. The van der Waals surface area contributed by atoms with Crippen molar-refractivity contribution in [3.05, 3.63) is 70.7 Å². The van der Waals surface area contributed by atoms with Gasteiger partial charge in [0.15, 0.2) is 0 Å². The highest BCUT2D eigenvalue weighted by Gasteiger charge is 2.42. The van der Waals surface area contributed by atoms with E-state index < -0.39 is 5.54 Å². The van der Waals surface area contributed by atoms with Gasteiger partial charge in [0, 0.05) is 31.1 Å². The highest BCUT2D eigenvalue weighted by atomic mass is 32.1. The average molecular weight is 450 g/mol. The number of urea groups is 1. The molecule has 0 spiro atoms. The van der Waals surface area contributed by atoms with E-state index in [0.29, 0.717) is 32.4 Å². The van der Waals surface area contributed by atoms with Gasteiger partial charge in [0.05, 0.1) is 16.4 Å². The van der Waals surface area contributed by atoms with Crippen LogP contribution in [-0.2, 0) is 17.8 Å². The highest BCUT2D eigenvalue weighted by molar-refractivity contribution is 7.09. The van der Waals surface area contributed by atoms with Crippen LogP contribution in [0.25, 0.3) is 11.4 Å². The summed E-state index contributed by atoms with van der Waals surface area (Å²) in [5.74, 6) is -0.119. The van der Waals surface area contributed by atoms with Crippen LogP contribution >= 0.6 is 11.3 Å². The van der Waals surface area contributed by atoms with Gasteiger partial charge in [0.2, 0.25) is 5.91 Å². The van der Waals surface area contributed by atoms with Gasteiger partial charge in [-0.3, -0.25) is 9.78 Å². The topological polar surface area (TPSA) is 96.0 Å². The Morgan fingerprint density at radius 2 is 1.75 bits per heavy atom. The third-order valence-electron chi connectivity index (χ3n) is 5.64. The van der Waals surface area contributed by atoms with E-state index in [9.17, 15) is 9.59 Å². The third kappa shape index (κ3) is 5.50. The van der Waals surface area contributed by atoms with Gasteiger partial charge in [0.25, 0.3) is 0 Å². The Balaban J connectivity index is 1.28. The third-order valence-corrected chi connectivity index (χ3v) is 6.55. The molecule has 8 heteroatoms. The molecule has 166 valence electrons. The molecule has 7 nitrogen and oxygen atoms in total. The minimum absolute atomic E-state index is 0.119. The molecule has 0 unspecified atom stereocenters.